The maximum Gasteiger partial charge on any atom is 0.145 e. The number of aromatic nitrogens is 3. The third-order valence-corrected chi connectivity index (χ3v) is 4.95. The van der Waals surface area contributed by atoms with E-state index in [0.29, 0.717) is 0 Å². The van der Waals surface area contributed by atoms with E-state index in [0.717, 1.165) is 35.9 Å². The number of hydrogen-bond donors (Lipinski definition) is 0. The molecule has 3 heterocycles. The van der Waals surface area contributed by atoms with Crippen LogP contribution in [-0.2, 0) is 7.05 Å². The standard InChI is InChI=1S/C19H22N4/c1-14-8-10-23(11-9-14)19-16-12-17(15-6-4-3-5-7-15)22(2)18(16)20-13-21-19/h3-7,12-14H,8-11H2,1-2H3. The van der Waals surface area contributed by atoms with Crippen molar-refractivity contribution < 1.29 is 0 Å². The van der Waals surface area contributed by atoms with E-state index in [1.807, 2.05) is 6.07 Å². The molecule has 0 radical (unpaired) electrons. The van der Waals surface area contributed by atoms with Gasteiger partial charge in [-0.05, 0) is 30.4 Å². The second-order valence-corrected chi connectivity index (χ2v) is 6.56. The number of rotatable bonds is 2. The van der Waals surface area contributed by atoms with Gasteiger partial charge in [0.2, 0.25) is 0 Å². The Balaban J connectivity index is 1.81. The Bertz CT molecular complexity index is 814. The van der Waals surface area contributed by atoms with E-state index in [4.69, 9.17) is 0 Å². The number of benzene rings is 1. The summed E-state index contributed by atoms with van der Waals surface area (Å²) in [5.41, 5.74) is 3.41. The highest BCUT2D eigenvalue weighted by atomic mass is 15.2. The van der Waals surface area contributed by atoms with E-state index in [-0.39, 0.29) is 0 Å². The van der Waals surface area contributed by atoms with Crippen LogP contribution in [0.1, 0.15) is 19.8 Å². The second-order valence-electron chi connectivity index (χ2n) is 6.56. The number of aryl methyl sites for hydroxylation is 1. The second kappa shape index (κ2) is 5.69. The molecule has 4 rings (SSSR count). The lowest BCUT2D eigenvalue weighted by atomic mass is 9.99. The van der Waals surface area contributed by atoms with Gasteiger partial charge in [0, 0.05) is 20.1 Å². The predicted octanol–water partition coefficient (Wildman–Crippen LogP) is 3.87. The Morgan fingerprint density at radius 3 is 2.52 bits per heavy atom. The molecular formula is C19H22N4. The summed E-state index contributed by atoms with van der Waals surface area (Å²) in [4.78, 5) is 11.5. The average molecular weight is 306 g/mol. The van der Waals surface area contributed by atoms with Crippen LogP contribution in [-0.4, -0.2) is 27.6 Å². The summed E-state index contributed by atoms with van der Waals surface area (Å²) in [5, 5.41) is 1.16. The molecule has 0 aliphatic carbocycles. The Morgan fingerprint density at radius 2 is 1.78 bits per heavy atom. The molecule has 4 nitrogen and oxygen atoms in total. The van der Waals surface area contributed by atoms with E-state index < -0.39 is 0 Å². The van der Waals surface area contributed by atoms with Gasteiger partial charge in [0.05, 0.1) is 11.1 Å². The van der Waals surface area contributed by atoms with Crippen LogP contribution in [0.25, 0.3) is 22.3 Å². The zero-order valence-electron chi connectivity index (χ0n) is 13.7. The molecule has 0 saturated carbocycles. The lowest BCUT2D eigenvalue weighted by molar-refractivity contribution is 0.437. The summed E-state index contributed by atoms with van der Waals surface area (Å²) in [6.07, 6.45) is 4.18. The van der Waals surface area contributed by atoms with E-state index in [1.54, 1.807) is 6.33 Å². The molecule has 4 heteroatoms. The summed E-state index contributed by atoms with van der Waals surface area (Å²) in [7, 11) is 2.08. The zero-order valence-corrected chi connectivity index (χ0v) is 13.7. The topological polar surface area (TPSA) is 34.0 Å². The van der Waals surface area contributed by atoms with Crippen LogP contribution < -0.4 is 4.90 Å². The van der Waals surface area contributed by atoms with E-state index in [2.05, 4.69) is 63.7 Å². The monoisotopic (exact) mass is 306 g/mol. The zero-order chi connectivity index (χ0) is 15.8. The first kappa shape index (κ1) is 14.2. The normalized spacial score (nSPS) is 16.2. The largest absolute Gasteiger partial charge is 0.356 e. The highest BCUT2D eigenvalue weighted by Crippen LogP contribution is 2.32. The summed E-state index contributed by atoms with van der Waals surface area (Å²) < 4.78 is 2.17. The van der Waals surface area contributed by atoms with Crippen LogP contribution in [0.3, 0.4) is 0 Å². The molecule has 0 spiro atoms. The number of fused-ring (bicyclic) bond motifs is 1. The van der Waals surface area contributed by atoms with E-state index >= 15 is 0 Å². The molecule has 23 heavy (non-hydrogen) atoms. The molecule has 0 N–H and O–H groups in total. The minimum absolute atomic E-state index is 0.819. The molecule has 0 unspecified atom stereocenters. The van der Waals surface area contributed by atoms with Crippen LogP contribution in [0.15, 0.2) is 42.7 Å². The van der Waals surface area contributed by atoms with Gasteiger partial charge < -0.3 is 9.47 Å². The van der Waals surface area contributed by atoms with Crippen molar-refractivity contribution in [3.8, 4) is 11.3 Å². The van der Waals surface area contributed by atoms with Crippen molar-refractivity contribution in [2.45, 2.75) is 19.8 Å². The van der Waals surface area contributed by atoms with Crippen molar-refractivity contribution in [1.82, 2.24) is 14.5 Å². The van der Waals surface area contributed by atoms with Crippen LogP contribution in [0.4, 0.5) is 5.82 Å². The first-order chi connectivity index (χ1) is 11.2. The third kappa shape index (κ3) is 2.48. The minimum Gasteiger partial charge on any atom is -0.356 e. The Morgan fingerprint density at radius 1 is 1.04 bits per heavy atom. The molecular weight excluding hydrogens is 284 g/mol. The molecule has 1 saturated heterocycles. The smallest absolute Gasteiger partial charge is 0.145 e. The van der Waals surface area contributed by atoms with Gasteiger partial charge in [0.25, 0.3) is 0 Å². The van der Waals surface area contributed by atoms with Crippen LogP contribution >= 0.6 is 0 Å². The summed E-state index contributed by atoms with van der Waals surface area (Å²) in [6, 6.07) is 12.7. The highest BCUT2D eigenvalue weighted by molar-refractivity contribution is 5.92. The summed E-state index contributed by atoms with van der Waals surface area (Å²) in [5.74, 6) is 1.90. The first-order valence-corrected chi connectivity index (χ1v) is 8.35. The Labute approximate surface area is 136 Å². The van der Waals surface area contributed by atoms with Gasteiger partial charge in [-0.1, -0.05) is 37.3 Å². The molecule has 1 fully saturated rings. The van der Waals surface area contributed by atoms with Crippen molar-refractivity contribution in [3.63, 3.8) is 0 Å². The van der Waals surface area contributed by atoms with Gasteiger partial charge in [-0.2, -0.15) is 0 Å². The lowest BCUT2D eigenvalue weighted by Crippen LogP contribution is -2.33. The van der Waals surface area contributed by atoms with Gasteiger partial charge >= 0.3 is 0 Å². The van der Waals surface area contributed by atoms with Gasteiger partial charge in [0.1, 0.15) is 17.8 Å². The predicted molar refractivity (Wildman–Crippen MR) is 94.6 cm³/mol. The molecule has 3 aromatic rings. The maximum absolute atomic E-state index is 4.61. The highest BCUT2D eigenvalue weighted by Gasteiger charge is 2.21. The maximum atomic E-state index is 4.61. The van der Waals surface area contributed by atoms with Crippen LogP contribution in [0.2, 0.25) is 0 Å². The first-order valence-electron chi connectivity index (χ1n) is 8.35. The number of anilines is 1. The van der Waals surface area contributed by atoms with Crippen molar-refractivity contribution >= 4 is 16.9 Å². The Kier molecular flexibility index (Phi) is 3.52. The minimum atomic E-state index is 0.819. The van der Waals surface area contributed by atoms with Crippen LogP contribution in [0.5, 0.6) is 0 Å². The van der Waals surface area contributed by atoms with E-state index in [1.165, 1.54) is 24.1 Å². The molecule has 1 aliphatic heterocycles. The molecule has 1 aliphatic rings. The van der Waals surface area contributed by atoms with Crippen molar-refractivity contribution in [1.29, 1.82) is 0 Å². The van der Waals surface area contributed by atoms with Crippen molar-refractivity contribution in [2.24, 2.45) is 13.0 Å². The fourth-order valence-corrected chi connectivity index (χ4v) is 3.48. The quantitative estimate of drug-likeness (QED) is 0.720. The number of hydrogen-bond acceptors (Lipinski definition) is 3. The molecule has 2 aromatic heterocycles. The molecule has 0 atom stereocenters. The number of nitrogens with zero attached hydrogens (tertiary/aromatic N) is 4. The van der Waals surface area contributed by atoms with Gasteiger partial charge in [-0.3, -0.25) is 0 Å². The molecule has 118 valence electrons. The third-order valence-electron chi connectivity index (χ3n) is 4.95. The summed E-state index contributed by atoms with van der Waals surface area (Å²) >= 11 is 0. The number of piperidine rings is 1. The lowest BCUT2D eigenvalue weighted by Gasteiger charge is -2.31. The SMILES string of the molecule is CC1CCN(c2ncnc3c2cc(-c2ccccc2)n3C)CC1. The average Bonchev–Trinajstić information content (AvgIpc) is 2.94. The fraction of sp³-hybridized carbons (Fsp3) is 0.368. The van der Waals surface area contributed by atoms with Crippen LogP contribution in [0, 0.1) is 5.92 Å². The fourth-order valence-electron chi connectivity index (χ4n) is 3.48. The van der Waals surface area contributed by atoms with Gasteiger partial charge in [-0.25, -0.2) is 9.97 Å². The molecule has 0 bridgehead atoms. The Hall–Kier alpha value is -2.36. The van der Waals surface area contributed by atoms with Gasteiger partial charge in [-0.15, -0.1) is 0 Å². The van der Waals surface area contributed by atoms with E-state index in [9.17, 15) is 0 Å². The summed E-state index contributed by atoms with van der Waals surface area (Å²) in [6.45, 7) is 4.51. The van der Waals surface area contributed by atoms with Gasteiger partial charge in [0.15, 0.2) is 0 Å². The van der Waals surface area contributed by atoms with Crippen molar-refractivity contribution in [3.05, 3.63) is 42.7 Å². The molecule has 1 aromatic carbocycles. The molecule has 0 amide bonds. The van der Waals surface area contributed by atoms with Crippen molar-refractivity contribution in [2.75, 3.05) is 18.0 Å².